The summed E-state index contributed by atoms with van der Waals surface area (Å²) in [6.07, 6.45) is -2.51. The van der Waals surface area contributed by atoms with Gasteiger partial charge in [0.05, 0.1) is 12.0 Å². The molecule has 3 nitrogen and oxygen atoms in total. The van der Waals surface area contributed by atoms with E-state index in [9.17, 15) is 18.0 Å². The second kappa shape index (κ2) is 6.23. The number of carboxylic acids is 1. The predicted molar refractivity (Wildman–Crippen MR) is 58.8 cm³/mol. The Kier molecular flexibility index (Phi) is 5.95. The van der Waals surface area contributed by atoms with Crippen LogP contribution < -0.4 is 0 Å². The molecule has 0 radical (unpaired) electrons. The maximum atomic E-state index is 12.0. The molecule has 0 unspecified atom stereocenters. The van der Waals surface area contributed by atoms with E-state index in [4.69, 9.17) is 5.11 Å². The lowest BCUT2D eigenvalue weighted by molar-refractivity contribution is -0.147. The molecule has 0 aromatic carbocycles. The first kappa shape index (κ1) is 16.2. The quantitative estimate of drug-likeness (QED) is 0.711. The summed E-state index contributed by atoms with van der Waals surface area (Å²) in [6, 6.07) is 0. The highest BCUT2D eigenvalue weighted by Gasteiger charge is 2.29. The van der Waals surface area contributed by atoms with Gasteiger partial charge in [-0.3, -0.25) is 9.69 Å². The molecule has 0 aliphatic carbocycles. The van der Waals surface area contributed by atoms with Crippen LogP contribution in [0.4, 0.5) is 13.2 Å². The smallest absolute Gasteiger partial charge is 0.401 e. The molecule has 0 spiro atoms. The van der Waals surface area contributed by atoms with Crippen molar-refractivity contribution in [2.75, 3.05) is 20.1 Å². The summed E-state index contributed by atoms with van der Waals surface area (Å²) in [7, 11) is 1.41. The van der Waals surface area contributed by atoms with Crippen LogP contribution in [0.1, 0.15) is 33.1 Å². The van der Waals surface area contributed by atoms with Crippen LogP contribution in [-0.4, -0.2) is 42.3 Å². The topological polar surface area (TPSA) is 40.5 Å². The summed E-state index contributed by atoms with van der Waals surface area (Å²) in [6.45, 7) is 2.65. The predicted octanol–water partition coefficient (Wildman–Crippen LogP) is 2.76. The highest BCUT2D eigenvalue weighted by atomic mass is 19.4. The van der Waals surface area contributed by atoms with Gasteiger partial charge in [0.15, 0.2) is 0 Å². The number of rotatable bonds is 7. The largest absolute Gasteiger partial charge is 0.481 e. The molecule has 0 aromatic heterocycles. The van der Waals surface area contributed by atoms with Gasteiger partial charge in [-0.15, -0.1) is 0 Å². The van der Waals surface area contributed by atoms with Crippen LogP contribution >= 0.6 is 0 Å². The number of aliphatic carboxylic acids is 1. The summed E-state index contributed by atoms with van der Waals surface area (Å²) < 4.78 is 36.0. The van der Waals surface area contributed by atoms with Gasteiger partial charge in [0.2, 0.25) is 0 Å². The first-order chi connectivity index (χ1) is 7.54. The number of alkyl halides is 3. The summed E-state index contributed by atoms with van der Waals surface area (Å²) in [4.78, 5) is 12.0. The fraction of sp³-hybridized carbons (Fsp3) is 0.909. The number of hydrogen-bond acceptors (Lipinski definition) is 2. The molecule has 1 N–H and O–H groups in total. The van der Waals surface area contributed by atoms with Crippen molar-refractivity contribution in [3.8, 4) is 0 Å². The second-order valence-electron chi connectivity index (χ2n) is 5.00. The molecule has 0 aromatic rings. The molecule has 0 atom stereocenters. The molecular formula is C11H20F3NO2. The highest BCUT2D eigenvalue weighted by Crippen LogP contribution is 2.23. The minimum absolute atomic E-state index is 0.329. The van der Waals surface area contributed by atoms with Crippen molar-refractivity contribution in [3.05, 3.63) is 0 Å². The third-order valence-electron chi connectivity index (χ3n) is 2.62. The molecular weight excluding hydrogens is 235 g/mol. The van der Waals surface area contributed by atoms with Gasteiger partial charge in [-0.25, -0.2) is 0 Å². The van der Waals surface area contributed by atoms with Crippen LogP contribution in [0.15, 0.2) is 0 Å². The third-order valence-corrected chi connectivity index (χ3v) is 2.62. The van der Waals surface area contributed by atoms with Crippen LogP contribution in [0, 0.1) is 5.41 Å². The normalized spacial score (nSPS) is 13.1. The Bertz CT molecular complexity index is 252. The Morgan fingerprint density at radius 3 is 2.18 bits per heavy atom. The van der Waals surface area contributed by atoms with E-state index in [0.717, 1.165) is 0 Å². The lowest BCUT2D eigenvalue weighted by atomic mass is 9.87. The molecule has 0 saturated carbocycles. The number of carbonyl (C=O) groups is 1. The summed E-state index contributed by atoms with van der Waals surface area (Å²) in [5, 5.41) is 8.84. The Morgan fingerprint density at radius 2 is 1.76 bits per heavy atom. The van der Waals surface area contributed by atoms with Gasteiger partial charge in [-0.1, -0.05) is 6.42 Å². The van der Waals surface area contributed by atoms with E-state index < -0.39 is 24.1 Å². The average Bonchev–Trinajstić information content (AvgIpc) is 2.09. The number of nitrogens with zero attached hydrogens (tertiary/aromatic N) is 1. The lowest BCUT2D eigenvalue weighted by Gasteiger charge is -2.21. The van der Waals surface area contributed by atoms with Crippen LogP contribution in [0.2, 0.25) is 0 Å². The van der Waals surface area contributed by atoms with Crippen molar-refractivity contribution in [2.24, 2.45) is 5.41 Å². The number of unbranched alkanes of at least 4 members (excludes halogenated alkanes) is 1. The van der Waals surface area contributed by atoms with E-state index in [0.29, 0.717) is 25.8 Å². The first-order valence-corrected chi connectivity index (χ1v) is 5.53. The van der Waals surface area contributed by atoms with E-state index in [-0.39, 0.29) is 0 Å². The lowest BCUT2D eigenvalue weighted by Crippen LogP contribution is -2.32. The molecule has 102 valence electrons. The van der Waals surface area contributed by atoms with Gasteiger partial charge in [0.25, 0.3) is 0 Å². The van der Waals surface area contributed by atoms with Gasteiger partial charge in [-0.2, -0.15) is 13.2 Å². The standard InChI is InChI=1S/C11H20F3NO2/c1-10(2,9(16)17)6-4-5-7-15(3)8-11(12,13)14/h4-8H2,1-3H3,(H,16,17). The number of hydrogen-bond donors (Lipinski definition) is 1. The fourth-order valence-electron chi connectivity index (χ4n) is 1.44. The Labute approximate surface area is 99.6 Å². The molecule has 0 heterocycles. The van der Waals surface area contributed by atoms with Crippen LogP contribution in [0.5, 0.6) is 0 Å². The van der Waals surface area contributed by atoms with Gasteiger partial charge in [-0.05, 0) is 40.3 Å². The van der Waals surface area contributed by atoms with Gasteiger partial charge in [0.1, 0.15) is 0 Å². The van der Waals surface area contributed by atoms with Crippen molar-refractivity contribution in [3.63, 3.8) is 0 Å². The zero-order valence-electron chi connectivity index (χ0n) is 10.5. The van der Waals surface area contributed by atoms with Crippen molar-refractivity contribution in [1.29, 1.82) is 0 Å². The Hall–Kier alpha value is -0.780. The van der Waals surface area contributed by atoms with Gasteiger partial charge >= 0.3 is 12.1 Å². The van der Waals surface area contributed by atoms with Crippen molar-refractivity contribution < 1.29 is 23.1 Å². The summed E-state index contributed by atoms with van der Waals surface area (Å²) in [5.74, 6) is -0.874. The van der Waals surface area contributed by atoms with Crippen molar-refractivity contribution in [2.45, 2.75) is 39.3 Å². The molecule has 0 rings (SSSR count). The monoisotopic (exact) mass is 255 g/mol. The number of halogens is 3. The van der Waals surface area contributed by atoms with E-state index in [1.54, 1.807) is 13.8 Å². The zero-order chi connectivity index (χ0) is 13.7. The number of carboxylic acid groups (broad SMARTS) is 1. The van der Waals surface area contributed by atoms with E-state index in [2.05, 4.69) is 0 Å². The molecule has 0 fully saturated rings. The molecule has 0 amide bonds. The molecule has 17 heavy (non-hydrogen) atoms. The molecule has 0 aliphatic rings. The highest BCUT2D eigenvalue weighted by molar-refractivity contribution is 5.73. The minimum Gasteiger partial charge on any atom is -0.481 e. The summed E-state index contributed by atoms with van der Waals surface area (Å²) >= 11 is 0. The van der Waals surface area contributed by atoms with Crippen LogP contribution in [-0.2, 0) is 4.79 Å². The van der Waals surface area contributed by atoms with Gasteiger partial charge < -0.3 is 5.11 Å². The van der Waals surface area contributed by atoms with Crippen LogP contribution in [0.3, 0.4) is 0 Å². The molecule has 0 saturated heterocycles. The third kappa shape index (κ3) is 8.01. The Balaban J connectivity index is 3.75. The summed E-state index contributed by atoms with van der Waals surface area (Å²) in [5.41, 5.74) is -0.803. The van der Waals surface area contributed by atoms with Gasteiger partial charge in [0, 0.05) is 0 Å². The molecule has 0 aliphatic heterocycles. The molecule has 0 bridgehead atoms. The average molecular weight is 255 g/mol. The van der Waals surface area contributed by atoms with Crippen molar-refractivity contribution >= 4 is 5.97 Å². The first-order valence-electron chi connectivity index (χ1n) is 5.53. The maximum Gasteiger partial charge on any atom is 0.401 e. The Morgan fingerprint density at radius 1 is 1.24 bits per heavy atom. The van der Waals surface area contributed by atoms with E-state index in [1.165, 1.54) is 11.9 Å². The zero-order valence-corrected chi connectivity index (χ0v) is 10.5. The fourth-order valence-corrected chi connectivity index (χ4v) is 1.44. The second-order valence-corrected chi connectivity index (χ2v) is 5.00. The SMILES string of the molecule is CN(CCCCC(C)(C)C(=O)O)CC(F)(F)F. The van der Waals surface area contributed by atoms with E-state index >= 15 is 0 Å². The van der Waals surface area contributed by atoms with Crippen molar-refractivity contribution in [1.82, 2.24) is 4.90 Å². The molecule has 6 heteroatoms. The maximum absolute atomic E-state index is 12.0. The minimum atomic E-state index is -4.17. The van der Waals surface area contributed by atoms with Crippen LogP contribution in [0.25, 0.3) is 0 Å². The van der Waals surface area contributed by atoms with E-state index in [1.807, 2.05) is 0 Å².